The van der Waals surface area contributed by atoms with Crippen LogP contribution in [-0.2, 0) is 9.59 Å². The van der Waals surface area contributed by atoms with Gasteiger partial charge in [0.15, 0.2) is 5.69 Å². The van der Waals surface area contributed by atoms with E-state index >= 15 is 0 Å². The third-order valence-electron chi connectivity index (χ3n) is 3.24. The number of aromatic carboxylic acids is 1. The maximum Gasteiger partial charge on any atom is 0.356 e. The van der Waals surface area contributed by atoms with Crippen molar-refractivity contribution in [1.82, 2.24) is 9.88 Å². The summed E-state index contributed by atoms with van der Waals surface area (Å²) < 4.78 is 0. The van der Waals surface area contributed by atoms with E-state index in [1.807, 2.05) is 6.92 Å². The van der Waals surface area contributed by atoms with Crippen molar-refractivity contribution in [1.29, 1.82) is 0 Å². The first-order valence-corrected chi connectivity index (χ1v) is 6.30. The van der Waals surface area contributed by atoms with Crippen molar-refractivity contribution in [3.05, 3.63) is 24.0 Å². The molecule has 1 fully saturated rings. The van der Waals surface area contributed by atoms with Gasteiger partial charge in [0.2, 0.25) is 11.8 Å². The molecule has 1 aromatic heterocycles. The van der Waals surface area contributed by atoms with Crippen molar-refractivity contribution in [2.24, 2.45) is 5.92 Å². The van der Waals surface area contributed by atoms with Crippen molar-refractivity contribution in [2.45, 2.75) is 13.3 Å². The lowest BCUT2D eigenvalue weighted by atomic mass is 10.1. The molecular weight excluding hydrogens is 262 g/mol. The van der Waals surface area contributed by atoms with Crippen LogP contribution >= 0.6 is 0 Å². The summed E-state index contributed by atoms with van der Waals surface area (Å²) in [6.45, 7) is 2.78. The molecule has 1 unspecified atom stereocenters. The number of likely N-dealkylation sites (tertiary alicyclic amines) is 1. The summed E-state index contributed by atoms with van der Waals surface area (Å²) in [6, 6.07) is 3.02. The number of carbonyl (C=O) groups is 3. The largest absolute Gasteiger partial charge is 0.476 e. The number of hydrogen-bond acceptors (Lipinski definition) is 4. The van der Waals surface area contributed by atoms with Crippen LogP contribution in [0.3, 0.4) is 0 Å². The van der Waals surface area contributed by atoms with Gasteiger partial charge in [0.05, 0.1) is 11.6 Å². The number of amides is 2. The molecule has 0 saturated carbocycles. The maximum atomic E-state index is 12.1. The molecule has 0 aromatic carbocycles. The molecule has 1 aliphatic heterocycles. The molecule has 1 atom stereocenters. The molecule has 0 bridgehead atoms. The Balaban J connectivity index is 2.10. The van der Waals surface area contributed by atoms with Gasteiger partial charge in [-0.25, -0.2) is 9.78 Å². The molecule has 20 heavy (non-hydrogen) atoms. The Hall–Kier alpha value is -2.44. The van der Waals surface area contributed by atoms with Crippen LogP contribution in [0.5, 0.6) is 0 Å². The first kappa shape index (κ1) is 14.0. The fraction of sp³-hybridized carbons (Fsp3) is 0.385. The zero-order chi connectivity index (χ0) is 14.7. The third kappa shape index (κ3) is 2.76. The van der Waals surface area contributed by atoms with E-state index in [-0.39, 0.29) is 29.6 Å². The number of hydrogen-bond donors (Lipinski definition) is 2. The van der Waals surface area contributed by atoms with Crippen LogP contribution in [-0.4, -0.2) is 45.9 Å². The smallest absolute Gasteiger partial charge is 0.356 e. The molecule has 0 radical (unpaired) electrons. The number of carbonyl (C=O) groups excluding carboxylic acids is 2. The first-order chi connectivity index (χ1) is 9.52. The van der Waals surface area contributed by atoms with E-state index in [1.54, 1.807) is 11.0 Å². The fourth-order valence-corrected chi connectivity index (χ4v) is 2.16. The number of anilines is 1. The Labute approximate surface area is 115 Å². The summed E-state index contributed by atoms with van der Waals surface area (Å²) in [7, 11) is 0. The highest BCUT2D eigenvalue weighted by Crippen LogP contribution is 2.20. The Morgan fingerprint density at radius 2 is 2.30 bits per heavy atom. The zero-order valence-corrected chi connectivity index (χ0v) is 11.0. The minimum absolute atomic E-state index is 0.0581. The van der Waals surface area contributed by atoms with E-state index in [0.717, 1.165) is 0 Å². The Morgan fingerprint density at radius 3 is 2.90 bits per heavy atom. The highest BCUT2D eigenvalue weighted by atomic mass is 16.4. The van der Waals surface area contributed by atoms with Crippen LogP contribution < -0.4 is 5.32 Å². The molecule has 1 aliphatic rings. The molecule has 7 heteroatoms. The molecular formula is C13H15N3O4. The quantitative estimate of drug-likeness (QED) is 0.839. The predicted molar refractivity (Wildman–Crippen MR) is 70.2 cm³/mol. The number of aromatic nitrogens is 1. The van der Waals surface area contributed by atoms with Gasteiger partial charge in [-0.15, -0.1) is 0 Å². The molecule has 2 N–H and O–H groups in total. The van der Waals surface area contributed by atoms with Crippen LogP contribution in [0.25, 0.3) is 0 Å². The second-order valence-corrected chi connectivity index (χ2v) is 4.53. The number of pyridine rings is 1. The SMILES string of the molecule is CCN1CC(C(=O)Nc2cccnc2C(=O)O)CC1=O. The molecule has 0 aliphatic carbocycles. The predicted octanol–water partition coefficient (Wildman–Crippen LogP) is 0.587. The lowest BCUT2D eigenvalue weighted by Crippen LogP contribution is -2.28. The summed E-state index contributed by atoms with van der Waals surface area (Å²) in [5.41, 5.74) is -0.0649. The van der Waals surface area contributed by atoms with Crippen LogP contribution in [0, 0.1) is 5.92 Å². The van der Waals surface area contributed by atoms with Gasteiger partial charge in [0.25, 0.3) is 0 Å². The van der Waals surface area contributed by atoms with E-state index in [2.05, 4.69) is 10.3 Å². The van der Waals surface area contributed by atoms with Crippen molar-refractivity contribution in [2.75, 3.05) is 18.4 Å². The van der Waals surface area contributed by atoms with Gasteiger partial charge in [0, 0.05) is 25.7 Å². The van der Waals surface area contributed by atoms with E-state index in [0.29, 0.717) is 13.1 Å². The van der Waals surface area contributed by atoms with Crippen LogP contribution in [0.15, 0.2) is 18.3 Å². The number of carboxylic acid groups (broad SMARTS) is 1. The summed E-state index contributed by atoms with van der Waals surface area (Å²) in [5.74, 6) is -2.08. The zero-order valence-electron chi connectivity index (χ0n) is 11.0. The number of nitrogens with one attached hydrogen (secondary N) is 1. The molecule has 2 rings (SSSR count). The van der Waals surface area contributed by atoms with Gasteiger partial charge in [-0.05, 0) is 19.1 Å². The summed E-state index contributed by atoms with van der Waals surface area (Å²) in [6.07, 6.45) is 1.50. The van der Waals surface area contributed by atoms with Crippen LogP contribution in [0.1, 0.15) is 23.8 Å². The van der Waals surface area contributed by atoms with E-state index < -0.39 is 11.9 Å². The van der Waals surface area contributed by atoms with Crippen molar-refractivity contribution in [3.8, 4) is 0 Å². The molecule has 2 amide bonds. The minimum atomic E-state index is -1.21. The molecule has 1 saturated heterocycles. The molecule has 2 heterocycles. The Kier molecular flexibility index (Phi) is 3.97. The summed E-state index contributed by atoms with van der Waals surface area (Å²) >= 11 is 0. The van der Waals surface area contributed by atoms with Gasteiger partial charge in [0.1, 0.15) is 0 Å². The second kappa shape index (κ2) is 5.68. The third-order valence-corrected chi connectivity index (χ3v) is 3.24. The molecule has 1 aromatic rings. The molecule has 7 nitrogen and oxygen atoms in total. The lowest BCUT2D eigenvalue weighted by Gasteiger charge is -2.14. The number of nitrogens with zero attached hydrogens (tertiary/aromatic N) is 2. The summed E-state index contributed by atoms with van der Waals surface area (Å²) in [5, 5.41) is 11.5. The monoisotopic (exact) mass is 277 g/mol. The van der Waals surface area contributed by atoms with Crippen LogP contribution in [0.2, 0.25) is 0 Å². The highest BCUT2D eigenvalue weighted by Gasteiger charge is 2.33. The second-order valence-electron chi connectivity index (χ2n) is 4.53. The van der Waals surface area contributed by atoms with Crippen LogP contribution in [0.4, 0.5) is 5.69 Å². The van der Waals surface area contributed by atoms with Crippen molar-refractivity contribution < 1.29 is 19.5 Å². The van der Waals surface area contributed by atoms with Gasteiger partial charge in [-0.3, -0.25) is 9.59 Å². The standard InChI is InChI=1S/C13H15N3O4/c1-2-16-7-8(6-10(16)17)12(18)15-9-4-3-5-14-11(9)13(19)20/h3-5,8H,2,6-7H2,1H3,(H,15,18)(H,19,20). The topological polar surface area (TPSA) is 99.6 Å². The lowest BCUT2D eigenvalue weighted by molar-refractivity contribution is -0.128. The van der Waals surface area contributed by atoms with E-state index in [1.165, 1.54) is 12.3 Å². The molecule has 0 spiro atoms. The Bertz CT molecular complexity index is 558. The molecule has 106 valence electrons. The maximum absolute atomic E-state index is 12.1. The van der Waals surface area contributed by atoms with Gasteiger partial charge >= 0.3 is 5.97 Å². The minimum Gasteiger partial charge on any atom is -0.476 e. The van der Waals surface area contributed by atoms with E-state index in [4.69, 9.17) is 5.11 Å². The van der Waals surface area contributed by atoms with Gasteiger partial charge < -0.3 is 15.3 Å². The fourth-order valence-electron chi connectivity index (χ4n) is 2.16. The van der Waals surface area contributed by atoms with Gasteiger partial charge in [-0.1, -0.05) is 0 Å². The van der Waals surface area contributed by atoms with E-state index in [9.17, 15) is 14.4 Å². The van der Waals surface area contributed by atoms with Crippen molar-refractivity contribution >= 4 is 23.5 Å². The number of rotatable bonds is 4. The first-order valence-electron chi connectivity index (χ1n) is 6.30. The summed E-state index contributed by atoms with van der Waals surface area (Å²) in [4.78, 5) is 40.0. The van der Waals surface area contributed by atoms with Crippen molar-refractivity contribution in [3.63, 3.8) is 0 Å². The van der Waals surface area contributed by atoms with Gasteiger partial charge in [-0.2, -0.15) is 0 Å². The highest BCUT2D eigenvalue weighted by molar-refractivity contribution is 6.01. The average Bonchev–Trinajstić information content (AvgIpc) is 2.80. The number of carboxylic acids is 1. The normalized spacial score (nSPS) is 18.1. The average molecular weight is 277 g/mol. The Morgan fingerprint density at radius 1 is 1.55 bits per heavy atom.